The number of nitrogens with one attached hydrogen (secondary N) is 2. The maximum atomic E-state index is 5.64. The Kier molecular flexibility index (Phi) is 3.47. The average molecular weight is 258 g/mol. The zero-order valence-corrected chi connectivity index (χ0v) is 11.8. The minimum atomic E-state index is 0.486. The van der Waals surface area contributed by atoms with Crippen molar-refractivity contribution in [1.82, 2.24) is 10.3 Å². The minimum Gasteiger partial charge on any atom is -0.494 e. The number of ether oxygens (including phenoxy) is 1. The van der Waals surface area contributed by atoms with E-state index in [9.17, 15) is 0 Å². The molecule has 0 radical (unpaired) electrons. The summed E-state index contributed by atoms with van der Waals surface area (Å²) >= 11 is 0. The fourth-order valence-corrected chi connectivity index (χ4v) is 3.18. The number of fused-ring (bicyclic) bond motifs is 3. The summed E-state index contributed by atoms with van der Waals surface area (Å²) in [4.78, 5) is 3.58. The van der Waals surface area contributed by atoms with Gasteiger partial charge >= 0.3 is 0 Å². The Morgan fingerprint density at radius 2 is 2.26 bits per heavy atom. The molecule has 1 unspecified atom stereocenters. The van der Waals surface area contributed by atoms with Crippen LogP contribution in [0.4, 0.5) is 0 Å². The Labute approximate surface area is 114 Å². The molecule has 1 atom stereocenters. The van der Waals surface area contributed by atoms with Crippen molar-refractivity contribution in [3.05, 3.63) is 29.5 Å². The summed E-state index contributed by atoms with van der Waals surface area (Å²) in [6, 6.07) is 6.86. The average Bonchev–Trinajstić information content (AvgIpc) is 2.78. The van der Waals surface area contributed by atoms with Crippen LogP contribution in [0.5, 0.6) is 5.75 Å². The Morgan fingerprint density at radius 1 is 1.37 bits per heavy atom. The van der Waals surface area contributed by atoms with Crippen molar-refractivity contribution >= 4 is 10.9 Å². The highest BCUT2D eigenvalue weighted by molar-refractivity contribution is 5.86. The molecule has 1 heterocycles. The quantitative estimate of drug-likeness (QED) is 0.880. The van der Waals surface area contributed by atoms with E-state index in [1.54, 1.807) is 0 Å². The molecule has 102 valence electrons. The largest absolute Gasteiger partial charge is 0.494 e. The van der Waals surface area contributed by atoms with Gasteiger partial charge in [0.05, 0.1) is 6.61 Å². The SMILES string of the molecule is CCNC1CCCc2[nH]c3ccc(OCC)cc3c21. The molecule has 0 saturated carbocycles. The van der Waals surface area contributed by atoms with Crippen molar-refractivity contribution in [3.8, 4) is 5.75 Å². The van der Waals surface area contributed by atoms with Crippen LogP contribution in [0.15, 0.2) is 18.2 Å². The normalized spacial score (nSPS) is 18.5. The number of aromatic amines is 1. The van der Waals surface area contributed by atoms with Gasteiger partial charge in [0.1, 0.15) is 5.75 Å². The van der Waals surface area contributed by atoms with E-state index in [0.717, 1.165) is 25.3 Å². The molecule has 0 fully saturated rings. The number of hydrogen-bond donors (Lipinski definition) is 2. The molecule has 0 spiro atoms. The molecule has 2 aromatic rings. The van der Waals surface area contributed by atoms with E-state index in [-0.39, 0.29) is 0 Å². The number of benzene rings is 1. The maximum absolute atomic E-state index is 5.64. The summed E-state index contributed by atoms with van der Waals surface area (Å²) in [5.74, 6) is 0.970. The van der Waals surface area contributed by atoms with Gasteiger partial charge in [0.15, 0.2) is 0 Å². The van der Waals surface area contributed by atoms with Crippen LogP contribution in [-0.4, -0.2) is 18.1 Å². The molecule has 19 heavy (non-hydrogen) atoms. The first kappa shape index (κ1) is 12.5. The molecule has 0 saturated heterocycles. The van der Waals surface area contributed by atoms with Crippen molar-refractivity contribution in [2.45, 2.75) is 39.2 Å². The Hall–Kier alpha value is -1.48. The molecule has 3 heteroatoms. The summed E-state index contributed by atoms with van der Waals surface area (Å²) in [5.41, 5.74) is 4.10. The van der Waals surface area contributed by atoms with Crippen molar-refractivity contribution < 1.29 is 4.74 Å². The van der Waals surface area contributed by atoms with Gasteiger partial charge < -0.3 is 15.0 Å². The fourth-order valence-electron chi connectivity index (χ4n) is 3.18. The maximum Gasteiger partial charge on any atom is 0.120 e. The highest BCUT2D eigenvalue weighted by Gasteiger charge is 2.24. The molecule has 1 aromatic carbocycles. The number of aromatic nitrogens is 1. The van der Waals surface area contributed by atoms with E-state index in [1.165, 1.54) is 35.0 Å². The monoisotopic (exact) mass is 258 g/mol. The summed E-state index contributed by atoms with van der Waals surface area (Å²) < 4.78 is 5.64. The van der Waals surface area contributed by atoms with Crippen LogP contribution in [0.2, 0.25) is 0 Å². The highest BCUT2D eigenvalue weighted by atomic mass is 16.5. The third kappa shape index (κ3) is 2.23. The molecule has 1 aromatic heterocycles. The van der Waals surface area contributed by atoms with E-state index in [0.29, 0.717) is 6.04 Å². The van der Waals surface area contributed by atoms with Gasteiger partial charge in [-0.2, -0.15) is 0 Å². The summed E-state index contributed by atoms with van der Waals surface area (Å²) in [7, 11) is 0. The summed E-state index contributed by atoms with van der Waals surface area (Å²) in [6.07, 6.45) is 3.65. The topological polar surface area (TPSA) is 37.0 Å². The zero-order valence-electron chi connectivity index (χ0n) is 11.8. The van der Waals surface area contributed by atoms with Gasteiger partial charge in [-0.05, 0) is 56.5 Å². The smallest absolute Gasteiger partial charge is 0.120 e. The van der Waals surface area contributed by atoms with E-state index < -0.39 is 0 Å². The second-order valence-corrected chi connectivity index (χ2v) is 5.16. The van der Waals surface area contributed by atoms with E-state index in [2.05, 4.69) is 35.4 Å². The number of aryl methyl sites for hydroxylation is 1. The predicted octanol–water partition coefficient (Wildman–Crippen LogP) is 3.55. The molecule has 3 rings (SSSR count). The zero-order chi connectivity index (χ0) is 13.2. The van der Waals surface area contributed by atoms with Crippen molar-refractivity contribution in [3.63, 3.8) is 0 Å². The first-order chi connectivity index (χ1) is 9.33. The molecule has 1 aliphatic rings. The lowest BCUT2D eigenvalue weighted by Gasteiger charge is -2.23. The van der Waals surface area contributed by atoms with Gasteiger partial charge in [-0.3, -0.25) is 0 Å². The third-order valence-electron chi connectivity index (χ3n) is 3.92. The van der Waals surface area contributed by atoms with Crippen molar-refractivity contribution in [1.29, 1.82) is 0 Å². The summed E-state index contributed by atoms with van der Waals surface area (Å²) in [6.45, 7) is 5.93. The number of rotatable bonds is 4. The van der Waals surface area contributed by atoms with Gasteiger partial charge in [0, 0.05) is 22.6 Å². The molecule has 0 aliphatic heterocycles. The Balaban J connectivity index is 2.09. The third-order valence-corrected chi connectivity index (χ3v) is 3.92. The van der Waals surface area contributed by atoms with Crippen molar-refractivity contribution in [2.24, 2.45) is 0 Å². The molecular weight excluding hydrogens is 236 g/mol. The van der Waals surface area contributed by atoms with Crippen LogP contribution in [-0.2, 0) is 6.42 Å². The van der Waals surface area contributed by atoms with E-state index in [1.807, 2.05) is 6.92 Å². The van der Waals surface area contributed by atoms with E-state index >= 15 is 0 Å². The molecule has 0 bridgehead atoms. The van der Waals surface area contributed by atoms with Gasteiger partial charge in [-0.15, -0.1) is 0 Å². The molecule has 3 nitrogen and oxygen atoms in total. The van der Waals surface area contributed by atoms with Crippen LogP contribution in [0.1, 0.15) is 44.0 Å². The van der Waals surface area contributed by atoms with Crippen LogP contribution >= 0.6 is 0 Å². The van der Waals surface area contributed by atoms with Gasteiger partial charge in [-0.25, -0.2) is 0 Å². The van der Waals surface area contributed by atoms with Crippen molar-refractivity contribution in [2.75, 3.05) is 13.2 Å². The molecule has 2 N–H and O–H groups in total. The Bertz CT molecular complexity index is 573. The molecule has 0 amide bonds. The van der Waals surface area contributed by atoms with Crippen LogP contribution in [0.25, 0.3) is 10.9 Å². The van der Waals surface area contributed by atoms with Crippen LogP contribution < -0.4 is 10.1 Å². The lowest BCUT2D eigenvalue weighted by Crippen LogP contribution is -2.24. The molecular formula is C16H22N2O. The second kappa shape index (κ2) is 5.25. The first-order valence-electron chi connectivity index (χ1n) is 7.34. The number of H-pyrrole nitrogens is 1. The Morgan fingerprint density at radius 3 is 3.05 bits per heavy atom. The minimum absolute atomic E-state index is 0.486. The lowest BCUT2D eigenvalue weighted by molar-refractivity contribution is 0.340. The highest BCUT2D eigenvalue weighted by Crippen LogP contribution is 2.36. The lowest BCUT2D eigenvalue weighted by atomic mass is 9.90. The first-order valence-corrected chi connectivity index (χ1v) is 7.34. The summed E-state index contributed by atoms with van der Waals surface area (Å²) in [5, 5.41) is 4.94. The van der Waals surface area contributed by atoms with Crippen LogP contribution in [0, 0.1) is 0 Å². The standard InChI is InChI=1S/C16H22N2O/c1-3-17-14-6-5-7-15-16(14)12-10-11(19-4-2)8-9-13(12)18-15/h8-10,14,17-18H,3-7H2,1-2H3. The molecule has 1 aliphatic carbocycles. The second-order valence-electron chi connectivity index (χ2n) is 5.16. The fraction of sp³-hybridized carbons (Fsp3) is 0.500. The van der Waals surface area contributed by atoms with Gasteiger partial charge in [-0.1, -0.05) is 6.92 Å². The number of hydrogen-bond acceptors (Lipinski definition) is 2. The van der Waals surface area contributed by atoms with Crippen LogP contribution in [0.3, 0.4) is 0 Å². The van der Waals surface area contributed by atoms with E-state index in [4.69, 9.17) is 4.74 Å². The predicted molar refractivity (Wildman–Crippen MR) is 78.8 cm³/mol. The van der Waals surface area contributed by atoms with Gasteiger partial charge in [0.2, 0.25) is 0 Å². The van der Waals surface area contributed by atoms with Gasteiger partial charge in [0.25, 0.3) is 0 Å².